The van der Waals surface area contributed by atoms with Crippen molar-refractivity contribution in [2.75, 3.05) is 26.7 Å². The molecule has 1 saturated heterocycles. The molecule has 1 fully saturated rings. The van der Waals surface area contributed by atoms with Gasteiger partial charge in [0.1, 0.15) is 0 Å². The van der Waals surface area contributed by atoms with E-state index in [-0.39, 0.29) is 0 Å². The van der Waals surface area contributed by atoms with E-state index in [4.69, 9.17) is 4.74 Å². The molecule has 0 aliphatic carbocycles. The van der Waals surface area contributed by atoms with Crippen LogP contribution in [0.5, 0.6) is 0 Å². The highest BCUT2D eigenvalue weighted by molar-refractivity contribution is 4.66. The highest BCUT2D eigenvalue weighted by Gasteiger charge is 2.12. The van der Waals surface area contributed by atoms with Crippen molar-refractivity contribution in [2.24, 2.45) is 0 Å². The molecule has 0 aromatic carbocycles. The summed E-state index contributed by atoms with van der Waals surface area (Å²) in [5.41, 5.74) is 0. The Morgan fingerprint density at radius 3 is 2.45 bits per heavy atom. The topological polar surface area (TPSA) is 12.5 Å². The van der Waals surface area contributed by atoms with Crippen molar-refractivity contribution in [3.8, 4) is 0 Å². The van der Waals surface area contributed by atoms with Crippen LogP contribution in [0.15, 0.2) is 0 Å². The Bertz CT molecular complexity index is 99.7. The Labute approximate surface area is 69.5 Å². The van der Waals surface area contributed by atoms with Gasteiger partial charge in [-0.25, -0.2) is 0 Å². The van der Waals surface area contributed by atoms with Crippen LogP contribution in [0.1, 0.15) is 26.2 Å². The minimum atomic E-state index is 0.396. The number of hydrogen-bond acceptors (Lipinski definition) is 2. The van der Waals surface area contributed by atoms with Gasteiger partial charge < -0.3 is 9.64 Å². The Balaban J connectivity index is 2.13. The number of ether oxygens (including phenoxy) is 1. The van der Waals surface area contributed by atoms with Crippen LogP contribution >= 0.6 is 0 Å². The minimum Gasteiger partial charge on any atom is -0.380 e. The zero-order valence-corrected chi connectivity index (χ0v) is 7.68. The van der Waals surface area contributed by atoms with Gasteiger partial charge in [0.05, 0.1) is 6.10 Å². The summed E-state index contributed by atoms with van der Waals surface area (Å²) in [6, 6.07) is 0. The number of rotatable bonds is 3. The lowest BCUT2D eigenvalue weighted by Gasteiger charge is -2.28. The second-order valence-corrected chi connectivity index (χ2v) is 3.41. The number of likely N-dealkylation sites (tertiary alicyclic amines) is 1. The maximum Gasteiger partial charge on any atom is 0.0670 e. The molecule has 1 aliphatic heterocycles. The molecular weight excluding hydrogens is 138 g/mol. The maximum atomic E-state index is 5.21. The van der Waals surface area contributed by atoms with Crippen molar-refractivity contribution >= 4 is 0 Å². The fraction of sp³-hybridized carbons (Fsp3) is 1.00. The van der Waals surface area contributed by atoms with E-state index >= 15 is 0 Å². The third-order valence-electron chi connectivity index (χ3n) is 2.37. The van der Waals surface area contributed by atoms with Crippen LogP contribution in [0.25, 0.3) is 0 Å². The van der Waals surface area contributed by atoms with Crippen LogP contribution in [-0.4, -0.2) is 37.7 Å². The fourth-order valence-electron chi connectivity index (χ4n) is 1.58. The minimum absolute atomic E-state index is 0.396. The molecule has 1 aliphatic rings. The monoisotopic (exact) mass is 157 g/mol. The highest BCUT2D eigenvalue weighted by Crippen LogP contribution is 2.09. The van der Waals surface area contributed by atoms with E-state index in [1.54, 1.807) is 7.11 Å². The van der Waals surface area contributed by atoms with Crippen LogP contribution in [0.3, 0.4) is 0 Å². The first kappa shape index (κ1) is 9.01. The van der Waals surface area contributed by atoms with E-state index in [2.05, 4.69) is 11.8 Å². The molecule has 0 spiro atoms. The lowest BCUT2D eigenvalue weighted by molar-refractivity contribution is 0.0700. The third kappa shape index (κ3) is 3.21. The molecule has 0 amide bonds. The molecule has 1 rings (SSSR count). The van der Waals surface area contributed by atoms with Gasteiger partial charge in [-0.05, 0) is 32.9 Å². The Morgan fingerprint density at radius 1 is 1.27 bits per heavy atom. The van der Waals surface area contributed by atoms with E-state index < -0.39 is 0 Å². The Morgan fingerprint density at radius 2 is 1.91 bits per heavy atom. The molecule has 0 aromatic rings. The van der Waals surface area contributed by atoms with Crippen LogP contribution < -0.4 is 0 Å². The average Bonchev–Trinajstić information content (AvgIpc) is 2.06. The summed E-state index contributed by atoms with van der Waals surface area (Å²) < 4.78 is 5.21. The molecule has 0 saturated carbocycles. The smallest absolute Gasteiger partial charge is 0.0670 e. The first-order valence-corrected chi connectivity index (χ1v) is 4.58. The summed E-state index contributed by atoms with van der Waals surface area (Å²) >= 11 is 0. The summed E-state index contributed by atoms with van der Waals surface area (Å²) in [5.74, 6) is 0. The van der Waals surface area contributed by atoms with E-state index in [1.807, 2.05) is 0 Å². The molecule has 66 valence electrons. The molecule has 0 bridgehead atoms. The summed E-state index contributed by atoms with van der Waals surface area (Å²) in [6.45, 7) is 5.78. The van der Waals surface area contributed by atoms with Crippen molar-refractivity contribution in [1.82, 2.24) is 4.90 Å². The number of methoxy groups -OCH3 is 1. The van der Waals surface area contributed by atoms with E-state index in [9.17, 15) is 0 Å². The van der Waals surface area contributed by atoms with Crippen molar-refractivity contribution in [3.05, 3.63) is 0 Å². The molecule has 2 heteroatoms. The SMILES string of the molecule is CO[C@H](C)CN1CCCCC1. The molecule has 1 heterocycles. The van der Waals surface area contributed by atoms with Crippen molar-refractivity contribution in [1.29, 1.82) is 0 Å². The molecule has 0 aromatic heterocycles. The van der Waals surface area contributed by atoms with Crippen molar-refractivity contribution in [2.45, 2.75) is 32.3 Å². The molecule has 0 radical (unpaired) electrons. The molecular formula is C9H19NO. The molecule has 1 atom stereocenters. The second-order valence-electron chi connectivity index (χ2n) is 3.41. The summed E-state index contributed by atoms with van der Waals surface area (Å²) in [5, 5.41) is 0. The normalized spacial score (nSPS) is 23.5. The zero-order valence-electron chi connectivity index (χ0n) is 7.68. The first-order valence-electron chi connectivity index (χ1n) is 4.58. The summed E-state index contributed by atoms with van der Waals surface area (Å²) in [4.78, 5) is 2.50. The zero-order chi connectivity index (χ0) is 8.10. The van der Waals surface area contributed by atoms with Gasteiger partial charge >= 0.3 is 0 Å². The van der Waals surface area contributed by atoms with Gasteiger partial charge in [0.2, 0.25) is 0 Å². The van der Waals surface area contributed by atoms with Gasteiger partial charge in [0.15, 0.2) is 0 Å². The molecule has 2 nitrogen and oxygen atoms in total. The lowest BCUT2D eigenvalue weighted by Crippen LogP contribution is -2.35. The Hall–Kier alpha value is -0.0800. The van der Waals surface area contributed by atoms with Crippen LogP contribution in [-0.2, 0) is 4.74 Å². The predicted octanol–water partition coefficient (Wildman–Crippen LogP) is 1.51. The molecule has 11 heavy (non-hydrogen) atoms. The summed E-state index contributed by atoms with van der Waals surface area (Å²) in [7, 11) is 1.79. The lowest BCUT2D eigenvalue weighted by atomic mass is 10.1. The largest absolute Gasteiger partial charge is 0.380 e. The van der Waals surface area contributed by atoms with Gasteiger partial charge in [-0.3, -0.25) is 0 Å². The van der Waals surface area contributed by atoms with Crippen LogP contribution in [0, 0.1) is 0 Å². The van der Waals surface area contributed by atoms with Gasteiger partial charge in [-0.15, -0.1) is 0 Å². The van der Waals surface area contributed by atoms with Gasteiger partial charge in [0, 0.05) is 13.7 Å². The Kier molecular flexibility index (Phi) is 3.87. The van der Waals surface area contributed by atoms with Gasteiger partial charge in [-0.2, -0.15) is 0 Å². The molecule has 0 N–H and O–H groups in total. The van der Waals surface area contributed by atoms with E-state index in [0.717, 1.165) is 6.54 Å². The van der Waals surface area contributed by atoms with Crippen molar-refractivity contribution in [3.63, 3.8) is 0 Å². The fourth-order valence-corrected chi connectivity index (χ4v) is 1.58. The van der Waals surface area contributed by atoms with E-state index in [0.29, 0.717) is 6.10 Å². The second kappa shape index (κ2) is 4.73. The first-order chi connectivity index (χ1) is 5.33. The van der Waals surface area contributed by atoms with Gasteiger partial charge in [0.25, 0.3) is 0 Å². The average molecular weight is 157 g/mol. The quantitative estimate of drug-likeness (QED) is 0.615. The van der Waals surface area contributed by atoms with E-state index in [1.165, 1.54) is 32.4 Å². The molecule has 0 unspecified atom stereocenters. The maximum absolute atomic E-state index is 5.21. The van der Waals surface area contributed by atoms with Crippen molar-refractivity contribution < 1.29 is 4.74 Å². The van der Waals surface area contributed by atoms with Crippen LogP contribution in [0.4, 0.5) is 0 Å². The third-order valence-corrected chi connectivity index (χ3v) is 2.37. The number of nitrogens with zero attached hydrogens (tertiary/aromatic N) is 1. The highest BCUT2D eigenvalue weighted by atomic mass is 16.5. The standard InChI is InChI=1S/C9H19NO/c1-9(11-2)8-10-6-4-3-5-7-10/h9H,3-8H2,1-2H3/t9-/m1/s1. The predicted molar refractivity (Wildman–Crippen MR) is 46.8 cm³/mol. The number of piperidine rings is 1. The number of hydrogen-bond donors (Lipinski definition) is 0. The van der Waals surface area contributed by atoms with Crippen LogP contribution in [0.2, 0.25) is 0 Å². The van der Waals surface area contributed by atoms with Gasteiger partial charge in [-0.1, -0.05) is 6.42 Å². The summed E-state index contributed by atoms with van der Waals surface area (Å²) in [6.07, 6.45) is 4.55.